The van der Waals surface area contributed by atoms with Gasteiger partial charge >= 0.3 is 0 Å². The Balaban J connectivity index is 2.64. The van der Waals surface area contributed by atoms with Crippen LogP contribution in [-0.4, -0.2) is 19.2 Å². The lowest BCUT2D eigenvalue weighted by Crippen LogP contribution is -2.06. The molecule has 0 atom stereocenters. The molecule has 19 heavy (non-hydrogen) atoms. The van der Waals surface area contributed by atoms with Gasteiger partial charge in [-0.25, -0.2) is 13.4 Å². The van der Waals surface area contributed by atoms with Crippen LogP contribution < -0.4 is 5.73 Å². The van der Waals surface area contributed by atoms with Crippen LogP contribution in [0.2, 0.25) is 0 Å². The van der Waals surface area contributed by atoms with Gasteiger partial charge in [-0.05, 0) is 19.1 Å². The van der Waals surface area contributed by atoms with Crippen LogP contribution in [0.5, 0.6) is 0 Å². The molecule has 0 radical (unpaired) electrons. The van der Waals surface area contributed by atoms with Gasteiger partial charge in [0.15, 0.2) is 9.84 Å². The standard InChI is InChI=1S/C13H16N2O2S2/c1-3-19(16,17)12-5-4-9(2)6-10(12)11-8-18-13(7-14)15-11/h4-6,8H,3,7,14H2,1-2H3. The third-order valence-electron chi connectivity index (χ3n) is 2.85. The highest BCUT2D eigenvalue weighted by atomic mass is 32.2. The molecule has 1 aromatic carbocycles. The molecule has 4 nitrogen and oxygen atoms in total. The minimum absolute atomic E-state index is 0.0803. The summed E-state index contributed by atoms with van der Waals surface area (Å²) in [6.45, 7) is 3.94. The molecule has 0 spiro atoms. The first-order valence-electron chi connectivity index (χ1n) is 5.96. The Kier molecular flexibility index (Phi) is 4.03. The first-order valence-corrected chi connectivity index (χ1v) is 8.49. The molecule has 2 aromatic rings. The van der Waals surface area contributed by atoms with E-state index in [4.69, 9.17) is 5.73 Å². The van der Waals surface area contributed by atoms with E-state index in [2.05, 4.69) is 4.98 Å². The molecule has 0 saturated carbocycles. The second-order valence-electron chi connectivity index (χ2n) is 4.23. The molecule has 0 bridgehead atoms. The first kappa shape index (κ1) is 14.2. The number of nitrogens with two attached hydrogens (primary N) is 1. The molecule has 0 unspecified atom stereocenters. The van der Waals surface area contributed by atoms with Crippen molar-refractivity contribution in [3.8, 4) is 11.3 Å². The number of thiazole rings is 1. The van der Waals surface area contributed by atoms with Crippen molar-refractivity contribution in [2.45, 2.75) is 25.3 Å². The van der Waals surface area contributed by atoms with E-state index < -0.39 is 9.84 Å². The van der Waals surface area contributed by atoms with Crippen molar-refractivity contribution >= 4 is 21.2 Å². The van der Waals surface area contributed by atoms with Crippen molar-refractivity contribution < 1.29 is 8.42 Å². The Morgan fingerprint density at radius 2 is 2.11 bits per heavy atom. The number of hydrogen-bond donors (Lipinski definition) is 1. The molecule has 0 aliphatic carbocycles. The number of aryl methyl sites for hydroxylation is 1. The maximum absolute atomic E-state index is 12.1. The largest absolute Gasteiger partial charge is 0.325 e. The summed E-state index contributed by atoms with van der Waals surface area (Å²) in [5.74, 6) is 0.0803. The molecule has 6 heteroatoms. The third-order valence-corrected chi connectivity index (χ3v) is 5.51. The van der Waals surface area contributed by atoms with Crippen LogP contribution in [0.15, 0.2) is 28.5 Å². The van der Waals surface area contributed by atoms with Gasteiger partial charge in [-0.3, -0.25) is 0 Å². The Morgan fingerprint density at radius 1 is 1.37 bits per heavy atom. The molecule has 0 saturated heterocycles. The van der Waals surface area contributed by atoms with E-state index in [1.54, 1.807) is 13.0 Å². The summed E-state index contributed by atoms with van der Waals surface area (Å²) < 4.78 is 24.3. The molecule has 0 aliphatic rings. The van der Waals surface area contributed by atoms with Gasteiger partial charge in [0.25, 0.3) is 0 Å². The molecular formula is C13H16N2O2S2. The SMILES string of the molecule is CCS(=O)(=O)c1ccc(C)cc1-c1csc(CN)n1. The fourth-order valence-electron chi connectivity index (χ4n) is 1.80. The van der Waals surface area contributed by atoms with Crippen molar-refractivity contribution in [1.29, 1.82) is 0 Å². The fourth-order valence-corrected chi connectivity index (χ4v) is 3.56. The molecule has 0 amide bonds. The van der Waals surface area contributed by atoms with Crippen LogP contribution in [0.1, 0.15) is 17.5 Å². The summed E-state index contributed by atoms with van der Waals surface area (Å²) in [4.78, 5) is 4.72. The lowest BCUT2D eigenvalue weighted by molar-refractivity contribution is 0.597. The summed E-state index contributed by atoms with van der Waals surface area (Å²) in [5, 5.41) is 2.66. The summed E-state index contributed by atoms with van der Waals surface area (Å²) in [6.07, 6.45) is 0. The molecule has 2 N–H and O–H groups in total. The van der Waals surface area contributed by atoms with Crippen LogP contribution in [-0.2, 0) is 16.4 Å². The van der Waals surface area contributed by atoms with Gasteiger partial charge in [-0.1, -0.05) is 18.6 Å². The van der Waals surface area contributed by atoms with Crippen molar-refractivity contribution in [2.75, 3.05) is 5.75 Å². The smallest absolute Gasteiger partial charge is 0.178 e. The van der Waals surface area contributed by atoms with Gasteiger partial charge < -0.3 is 5.73 Å². The molecular weight excluding hydrogens is 280 g/mol. The molecule has 2 rings (SSSR count). The zero-order valence-corrected chi connectivity index (χ0v) is 12.5. The number of sulfone groups is 1. The molecule has 102 valence electrons. The van der Waals surface area contributed by atoms with E-state index in [1.165, 1.54) is 11.3 Å². The van der Waals surface area contributed by atoms with Gasteiger partial charge in [0.1, 0.15) is 5.01 Å². The Hall–Kier alpha value is -1.24. The van der Waals surface area contributed by atoms with Crippen molar-refractivity contribution in [1.82, 2.24) is 4.98 Å². The highest BCUT2D eigenvalue weighted by Gasteiger charge is 2.19. The van der Waals surface area contributed by atoms with Gasteiger partial charge in [-0.15, -0.1) is 11.3 Å². The average Bonchev–Trinajstić information content (AvgIpc) is 2.87. The van der Waals surface area contributed by atoms with Crippen LogP contribution in [0, 0.1) is 6.92 Å². The Labute approximate surface area is 117 Å². The third kappa shape index (κ3) is 2.86. The Bertz CT molecular complexity index is 690. The topological polar surface area (TPSA) is 73.0 Å². The number of rotatable bonds is 4. The monoisotopic (exact) mass is 296 g/mol. The second kappa shape index (κ2) is 5.40. The van der Waals surface area contributed by atoms with Gasteiger partial charge in [0.2, 0.25) is 0 Å². The molecule has 0 aliphatic heterocycles. The maximum Gasteiger partial charge on any atom is 0.178 e. The number of aromatic nitrogens is 1. The summed E-state index contributed by atoms with van der Waals surface area (Å²) in [5.41, 5.74) is 7.90. The van der Waals surface area contributed by atoms with E-state index in [0.717, 1.165) is 10.6 Å². The summed E-state index contributed by atoms with van der Waals surface area (Å²) in [7, 11) is -3.26. The summed E-state index contributed by atoms with van der Waals surface area (Å²) in [6, 6.07) is 5.32. The number of benzene rings is 1. The number of hydrogen-bond acceptors (Lipinski definition) is 5. The van der Waals surface area contributed by atoms with E-state index in [9.17, 15) is 8.42 Å². The van der Waals surface area contributed by atoms with Gasteiger partial charge in [0.05, 0.1) is 16.3 Å². The van der Waals surface area contributed by atoms with E-state index in [1.807, 2.05) is 24.4 Å². The van der Waals surface area contributed by atoms with Crippen LogP contribution in [0.4, 0.5) is 0 Å². The zero-order chi connectivity index (χ0) is 14.0. The molecule has 1 aromatic heterocycles. The van der Waals surface area contributed by atoms with Crippen LogP contribution in [0.25, 0.3) is 11.3 Å². The minimum atomic E-state index is -3.26. The molecule has 0 fully saturated rings. The molecule has 1 heterocycles. The van der Waals surface area contributed by atoms with Crippen molar-refractivity contribution in [3.63, 3.8) is 0 Å². The average molecular weight is 296 g/mol. The van der Waals surface area contributed by atoms with Crippen molar-refractivity contribution in [3.05, 3.63) is 34.2 Å². The normalized spacial score (nSPS) is 11.7. The quantitative estimate of drug-likeness (QED) is 0.940. The fraction of sp³-hybridized carbons (Fsp3) is 0.308. The Morgan fingerprint density at radius 3 is 2.68 bits per heavy atom. The lowest BCUT2D eigenvalue weighted by Gasteiger charge is -2.08. The lowest BCUT2D eigenvalue weighted by atomic mass is 10.1. The van der Waals surface area contributed by atoms with Crippen LogP contribution in [0.3, 0.4) is 0 Å². The number of nitrogens with zero attached hydrogens (tertiary/aromatic N) is 1. The predicted octanol–water partition coefficient (Wildman–Crippen LogP) is 2.37. The maximum atomic E-state index is 12.1. The highest BCUT2D eigenvalue weighted by Crippen LogP contribution is 2.30. The predicted molar refractivity (Wildman–Crippen MR) is 77.9 cm³/mol. The first-order chi connectivity index (χ1) is 8.97. The van der Waals surface area contributed by atoms with Gasteiger partial charge in [0, 0.05) is 17.5 Å². The van der Waals surface area contributed by atoms with Crippen molar-refractivity contribution in [2.24, 2.45) is 5.73 Å². The van der Waals surface area contributed by atoms with E-state index in [0.29, 0.717) is 22.7 Å². The highest BCUT2D eigenvalue weighted by molar-refractivity contribution is 7.91. The van der Waals surface area contributed by atoms with Crippen LogP contribution >= 0.6 is 11.3 Å². The minimum Gasteiger partial charge on any atom is -0.325 e. The van der Waals surface area contributed by atoms with E-state index in [-0.39, 0.29) is 5.75 Å². The second-order valence-corrected chi connectivity index (χ2v) is 7.42. The van der Waals surface area contributed by atoms with Gasteiger partial charge in [-0.2, -0.15) is 0 Å². The van der Waals surface area contributed by atoms with E-state index >= 15 is 0 Å². The zero-order valence-electron chi connectivity index (χ0n) is 10.9. The summed E-state index contributed by atoms with van der Waals surface area (Å²) >= 11 is 1.45.